The number of hydrogen-bond donors (Lipinski definition) is 0. The van der Waals surface area contributed by atoms with E-state index in [0.29, 0.717) is 26.3 Å². The summed E-state index contributed by atoms with van der Waals surface area (Å²) in [7, 11) is 0. The second-order valence-electron chi connectivity index (χ2n) is 5.08. The lowest BCUT2D eigenvalue weighted by molar-refractivity contribution is -0.140. The molecule has 2 amide bonds. The van der Waals surface area contributed by atoms with E-state index in [1.54, 1.807) is 28.3 Å². The molecule has 6 nitrogen and oxygen atoms in total. The fourth-order valence-corrected chi connectivity index (χ4v) is 2.64. The Morgan fingerprint density at radius 2 is 2.30 bits per heavy atom. The molecule has 0 N–H and O–H groups in total. The summed E-state index contributed by atoms with van der Waals surface area (Å²) in [4.78, 5) is 31.8. The van der Waals surface area contributed by atoms with E-state index in [2.05, 4.69) is 4.98 Å². The molecule has 2 fully saturated rings. The summed E-state index contributed by atoms with van der Waals surface area (Å²) in [6.07, 6.45) is 4.10. The number of ether oxygens (including phenoxy) is 1. The molecular weight excluding hydrogens is 258 g/mol. The summed E-state index contributed by atoms with van der Waals surface area (Å²) in [5, 5.41) is 0. The molecule has 3 rings (SSSR count). The number of carbonyl (C=O) groups excluding carboxylic acids is 2. The molecule has 2 aliphatic rings. The van der Waals surface area contributed by atoms with Crippen LogP contribution < -0.4 is 4.90 Å². The van der Waals surface area contributed by atoms with Crippen LogP contribution in [0.3, 0.4) is 0 Å². The second-order valence-corrected chi connectivity index (χ2v) is 5.08. The first-order valence-corrected chi connectivity index (χ1v) is 6.82. The van der Waals surface area contributed by atoms with Gasteiger partial charge >= 0.3 is 0 Å². The van der Waals surface area contributed by atoms with E-state index in [4.69, 9.17) is 4.74 Å². The van der Waals surface area contributed by atoms with Crippen LogP contribution in [0.15, 0.2) is 24.5 Å². The van der Waals surface area contributed by atoms with Crippen molar-refractivity contribution >= 4 is 17.5 Å². The van der Waals surface area contributed by atoms with Gasteiger partial charge in [0.15, 0.2) is 0 Å². The Balaban J connectivity index is 1.65. The molecule has 106 valence electrons. The molecule has 6 heteroatoms. The number of piperazine rings is 1. The Labute approximate surface area is 117 Å². The number of hydrogen-bond acceptors (Lipinski definition) is 4. The molecule has 0 aliphatic carbocycles. The van der Waals surface area contributed by atoms with Crippen LogP contribution in [-0.2, 0) is 14.3 Å². The highest BCUT2D eigenvalue weighted by Gasteiger charge is 2.33. The van der Waals surface area contributed by atoms with Crippen molar-refractivity contribution in [1.82, 2.24) is 9.88 Å². The smallest absolute Gasteiger partial charge is 0.246 e. The van der Waals surface area contributed by atoms with Crippen LogP contribution in [0, 0.1) is 5.92 Å². The van der Waals surface area contributed by atoms with Crippen molar-refractivity contribution in [2.24, 2.45) is 5.92 Å². The molecular formula is C14H17N3O3. The first-order chi connectivity index (χ1) is 9.75. The lowest BCUT2D eigenvalue weighted by atomic mass is 10.1. The van der Waals surface area contributed by atoms with Gasteiger partial charge in [0.1, 0.15) is 6.54 Å². The summed E-state index contributed by atoms with van der Waals surface area (Å²) in [6.45, 7) is 2.35. The first-order valence-electron chi connectivity index (χ1n) is 6.82. The van der Waals surface area contributed by atoms with Crippen molar-refractivity contribution < 1.29 is 14.3 Å². The highest BCUT2D eigenvalue weighted by Crippen LogP contribution is 2.19. The van der Waals surface area contributed by atoms with Crippen LogP contribution in [0.1, 0.15) is 6.42 Å². The molecule has 0 spiro atoms. The van der Waals surface area contributed by atoms with E-state index in [0.717, 1.165) is 12.1 Å². The third-order valence-electron chi connectivity index (χ3n) is 3.77. The van der Waals surface area contributed by atoms with E-state index in [-0.39, 0.29) is 24.3 Å². The van der Waals surface area contributed by atoms with Crippen molar-refractivity contribution in [2.45, 2.75) is 6.42 Å². The molecule has 2 saturated heterocycles. The number of anilines is 1. The maximum Gasteiger partial charge on any atom is 0.246 e. The number of nitrogens with zero attached hydrogens (tertiary/aromatic N) is 3. The lowest BCUT2D eigenvalue weighted by Crippen LogP contribution is -2.53. The van der Waals surface area contributed by atoms with Crippen molar-refractivity contribution in [1.29, 1.82) is 0 Å². The van der Waals surface area contributed by atoms with Gasteiger partial charge in [-0.2, -0.15) is 0 Å². The molecule has 1 unspecified atom stereocenters. The quantitative estimate of drug-likeness (QED) is 0.778. The van der Waals surface area contributed by atoms with Crippen LogP contribution >= 0.6 is 0 Å². The molecule has 1 aromatic heterocycles. The van der Waals surface area contributed by atoms with Gasteiger partial charge < -0.3 is 14.5 Å². The summed E-state index contributed by atoms with van der Waals surface area (Å²) < 4.78 is 5.24. The maximum atomic E-state index is 12.3. The van der Waals surface area contributed by atoms with Gasteiger partial charge in [0.05, 0.1) is 24.4 Å². The second kappa shape index (κ2) is 5.58. The van der Waals surface area contributed by atoms with Gasteiger partial charge in [-0.1, -0.05) is 0 Å². The summed E-state index contributed by atoms with van der Waals surface area (Å²) >= 11 is 0. The third-order valence-corrected chi connectivity index (χ3v) is 3.77. The van der Waals surface area contributed by atoms with Crippen LogP contribution in [0.2, 0.25) is 0 Å². The Kier molecular flexibility index (Phi) is 3.64. The summed E-state index contributed by atoms with van der Waals surface area (Å²) in [6, 6.07) is 3.66. The Morgan fingerprint density at radius 1 is 1.40 bits per heavy atom. The van der Waals surface area contributed by atoms with Gasteiger partial charge in [0, 0.05) is 25.9 Å². The number of pyridine rings is 1. The summed E-state index contributed by atoms with van der Waals surface area (Å²) in [5.74, 6) is -0.0917. The molecule has 0 bridgehead atoms. The number of rotatable bonds is 2. The third kappa shape index (κ3) is 2.51. The molecule has 0 radical (unpaired) electrons. The number of amides is 2. The fourth-order valence-electron chi connectivity index (χ4n) is 2.64. The van der Waals surface area contributed by atoms with Crippen LogP contribution in [0.5, 0.6) is 0 Å². The minimum atomic E-state index is -0.0762. The Bertz CT molecular complexity index is 500. The fraction of sp³-hybridized carbons (Fsp3) is 0.500. The van der Waals surface area contributed by atoms with Gasteiger partial charge in [0.2, 0.25) is 11.8 Å². The van der Waals surface area contributed by atoms with Crippen molar-refractivity contribution in [3.63, 3.8) is 0 Å². The van der Waals surface area contributed by atoms with Crippen molar-refractivity contribution in [3.8, 4) is 0 Å². The highest BCUT2D eigenvalue weighted by molar-refractivity contribution is 5.98. The van der Waals surface area contributed by atoms with Crippen LogP contribution in [0.4, 0.5) is 5.69 Å². The van der Waals surface area contributed by atoms with Crippen molar-refractivity contribution in [2.75, 3.05) is 37.7 Å². The predicted molar refractivity (Wildman–Crippen MR) is 72.1 cm³/mol. The monoisotopic (exact) mass is 275 g/mol. The molecule has 1 atom stereocenters. The molecule has 20 heavy (non-hydrogen) atoms. The average molecular weight is 275 g/mol. The zero-order valence-corrected chi connectivity index (χ0v) is 11.2. The van der Waals surface area contributed by atoms with Crippen molar-refractivity contribution in [3.05, 3.63) is 24.5 Å². The molecule has 1 aromatic rings. The van der Waals surface area contributed by atoms with Gasteiger partial charge in [-0.25, -0.2) is 0 Å². The zero-order chi connectivity index (χ0) is 13.9. The number of aromatic nitrogens is 1. The van der Waals surface area contributed by atoms with E-state index in [1.165, 1.54) is 0 Å². The Hall–Kier alpha value is -1.95. The van der Waals surface area contributed by atoms with E-state index >= 15 is 0 Å². The molecule has 0 aromatic carbocycles. The minimum Gasteiger partial charge on any atom is -0.381 e. The maximum absolute atomic E-state index is 12.3. The topological polar surface area (TPSA) is 62.7 Å². The predicted octanol–water partition coefficient (Wildman–Crippen LogP) is 0.293. The minimum absolute atomic E-state index is 0.0432. The van der Waals surface area contributed by atoms with Gasteiger partial charge in [-0.05, 0) is 18.6 Å². The van der Waals surface area contributed by atoms with Crippen LogP contribution in [-0.4, -0.2) is 54.5 Å². The van der Waals surface area contributed by atoms with Gasteiger partial charge in [0.25, 0.3) is 0 Å². The largest absolute Gasteiger partial charge is 0.381 e. The number of carbonyl (C=O) groups is 2. The van der Waals surface area contributed by atoms with E-state index in [9.17, 15) is 9.59 Å². The first kappa shape index (κ1) is 13.1. The molecule has 2 aliphatic heterocycles. The lowest BCUT2D eigenvalue weighted by Gasteiger charge is -2.35. The van der Waals surface area contributed by atoms with E-state index in [1.807, 2.05) is 6.07 Å². The average Bonchev–Trinajstić information content (AvgIpc) is 3.01. The van der Waals surface area contributed by atoms with E-state index < -0.39 is 0 Å². The molecule has 3 heterocycles. The summed E-state index contributed by atoms with van der Waals surface area (Å²) in [5.41, 5.74) is 0.786. The Morgan fingerprint density at radius 3 is 2.95 bits per heavy atom. The van der Waals surface area contributed by atoms with Gasteiger partial charge in [-0.3, -0.25) is 14.6 Å². The molecule has 0 saturated carbocycles. The highest BCUT2D eigenvalue weighted by atomic mass is 16.5. The standard InChI is InChI=1S/C14H17N3O3/c18-13-9-16(14(19)11-3-7-20-10-11)5-6-17(13)12-2-1-4-15-8-12/h1-2,4,8,11H,3,5-7,9-10H2. The zero-order valence-electron chi connectivity index (χ0n) is 11.2. The van der Waals surface area contributed by atoms with Crippen LogP contribution in [0.25, 0.3) is 0 Å². The normalized spacial score (nSPS) is 23.2. The SMILES string of the molecule is O=C(C1CCOC1)N1CCN(c2cccnc2)C(=O)C1. The van der Waals surface area contributed by atoms with Gasteiger partial charge in [-0.15, -0.1) is 0 Å².